The van der Waals surface area contributed by atoms with Crippen molar-refractivity contribution in [2.45, 2.75) is 0 Å². The van der Waals surface area contributed by atoms with Gasteiger partial charge in [-0.2, -0.15) is 0 Å². The summed E-state index contributed by atoms with van der Waals surface area (Å²) < 4.78 is 9.51. The molecule has 1 amide bonds. The monoisotopic (exact) mass is 381 g/mol. The van der Waals surface area contributed by atoms with E-state index in [0.717, 1.165) is 0 Å². The van der Waals surface area contributed by atoms with Crippen molar-refractivity contribution >= 4 is 46.7 Å². The van der Waals surface area contributed by atoms with Crippen molar-refractivity contribution < 1.29 is 23.9 Å². The van der Waals surface area contributed by atoms with Gasteiger partial charge in [-0.3, -0.25) is 4.79 Å². The van der Waals surface area contributed by atoms with Crippen LogP contribution in [0.15, 0.2) is 42.5 Å². The molecule has 0 radical (unpaired) electrons. The van der Waals surface area contributed by atoms with Crippen LogP contribution in [0.1, 0.15) is 20.7 Å². The van der Waals surface area contributed by atoms with Gasteiger partial charge < -0.3 is 14.8 Å². The number of methoxy groups -OCH3 is 1. The number of amides is 1. The maximum absolute atomic E-state index is 11.9. The molecular formula is C17H13Cl2NO5. The summed E-state index contributed by atoms with van der Waals surface area (Å²) in [5.74, 6) is -1.88. The minimum atomic E-state index is -0.677. The second-order valence-corrected chi connectivity index (χ2v) is 5.66. The molecule has 2 aromatic rings. The molecule has 0 aliphatic heterocycles. The first-order valence-electron chi connectivity index (χ1n) is 7.01. The van der Waals surface area contributed by atoms with Gasteiger partial charge in [0.2, 0.25) is 0 Å². The van der Waals surface area contributed by atoms with Gasteiger partial charge in [0.25, 0.3) is 5.91 Å². The Morgan fingerprint density at radius 1 is 1.04 bits per heavy atom. The third-order valence-corrected chi connectivity index (χ3v) is 3.61. The van der Waals surface area contributed by atoms with Gasteiger partial charge in [0, 0.05) is 10.7 Å². The first-order valence-corrected chi connectivity index (χ1v) is 7.76. The van der Waals surface area contributed by atoms with Gasteiger partial charge in [-0.15, -0.1) is 0 Å². The molecule has 1 N–H and O–H groups in total. The van der Waals surface area contributed by atoms with E-state index in [0.29, 0.717) is 10.7 Å². The quantitative estimate of drug-likeness (QED) is 0.800. The van der Waals surface area contributed by atoms with Gasteiger partial charge >= 0.3 is 11.9 Å². The fourth-order valence-corrected chi connectivity index (χ4v) is 2.28. The summed E-state index contributed by atoms with van der Waals surface area (Å²) in [7, 11) is 1.22. The lowest BCUT2D eigenvalue weighted by Crippen LogP contribution is -2.21. The van der Waals surface area contributed by atoms with Crippen LogP contribution in [0.3, 0.4) is 0 Å². The second-order valence-electron chi connectivity index (χ2n) is 4.82. The number of esters is 2. The maximum Gasteiger partial charge on any atom is 0.339 e. The SMILES string of the molecule is COC(=O)c1cc(NC(=O)COC(=O)c2cccc(Cl)c2)ccc1Cl. The number of nitrogens with one attached hydrogen (secondary N) is 1. The van der Waals surface area contributed by atoms with Crippen LogP contribution in [0.4, 0.5) is 5.69 Å². The number of hydrogen-bond acceptors (Lipinski definition) is 5. The molecule has 0 fully saturated rings. The van der Waals surface area contributed by atoms with E-state index in [-0.39, 0.29) is 16.1 Å². The van der Waals surface area contributed by atoms with Crippen LogP contribution in [0, 0.1) is 0 Å². The lowest BCUT2D eigenvalue weighted by atomic mass is 10.2. The number of carbonyl (C=O) groups is 3. The summed E-state index contributed by atoms with van der Waals surface area (Å²) >= 11 is 11.7. The minimum Gasteiger partial charge on any atom is -0.465 e. The van der Waals surface area contributed by atoms with E-state index in [4.69, 9.17) is 27.9 Å². The minimum absolute atomic E-state index is 0.109. The zero-order valence-corrected chi connectivity index (χ0v) is 14.6. The number of hydrogen-bond donors (Lipinski definition) is 1. The molecule has 0 aliphatic carbocycles. The van der Waals surface area contributed by atoms with Crippen molar-refractivity contribution in [2.75, 3.05) is 19.0 Å². The first kappa shape index (κ1) is 18.8. The fourth-order valence-electron chi connectivity index (χ4n) is 1.90. The normalized spacial score (nSPS) is 10.0. The standard InChI is InChI=1S/C17H13Cl2NO5/c1-24-17(23)13-8-12(5-6-14(13)19)20-15(21)9-25-16(22)10-3-2-4-11(18)7-10/h2-8H,9H2,1H3,(H,20,21). The van der Waals surface area contributed by atoms with Crippen LogP contribution in [-0.2, 0) is 14.3 Å². The summed E-state index contributed by atoms with van der Waals surface area (Å²) in [6, 6.07) is 10.5. The van der Waals surface area contributed by atoms with Gasteiger partial charge in [-0.1, -0.05) is 29.3 Å². The van der Waals surface area contributed by atoms with E-state index in [2.05, 4.69) is 10.1 Å². The molecule has 0 unspecified atom stereocenters. The molecule has 0 aliphatic rings. The van der Waals surface area contributed by atoms with Gasteiger partial charge in [-0.05, 0) is 36.4 Å². The molecule has 0 spiro atoms. The van der Waals surface area contributed by atoms with Crippen LogP contribution >= 0.6 is 23.2 Å². The lowest BCUT2D eigenvalue weighted by Gasteiger charge is -2.09. The number of carbonyl (C=O) groups excluding carboxylic acids is 3. The third-order valence-electron chi connectivity index (χ3n) is 3.05. The lowest BCUT2D eigenvalue weighted by molar-refractivity contribution is -0.119. The van der Waals surface area contributed by atoms with E-state index in [1.165, 1.54) is 37.4 Å². The fraction of sp³-hybridized carbons (Fsp3) is 0.118. The van der Waals surface area contributed by atoms with E-state index >= 15 is 0 Å². The molecule has 25 heavy (non-hydrogen) atoms. The first-order chi connectivity index (χ1) is 11.9. The van der Waals surface area contributed by atoms with Crippen molar-refractivity contribution in [1.29, 1.82) is 0 Å². The van der Waals surface area contributed by atoms with Crippen molar-refractivity contribution in [3.63, 3.8) is 0 Å². The maximum atomic E-state index is 11.9. The zero-order chi connectivity index (χ0) is 18.4. The topological polar surface area (TPSA) is 81.7 Å². The van der Waals surface area contributed by atoms with E-state index < -0.39 is 24.5 Å². The summed E-state index contributed by atoms with van der Waals surface area (Å²) in [5, 5.41) is 3.07. The molecule has 2 rings (SSSR count). The number of ether oxygens (including phenoxy) is 2. The Morgan fingerprint density at radius 2 is 1.80 bits per heavy atom. The molecule has 8 heteroatoms. The van der Waals surface area contributed by atoms with Crippen molar-refractivity contribution in [1.82, 2.24) is 0 Å². The molecule has 0 saturated heterocycles. The van der Waals surface area contributed by atoms with Crippen LogP contribution in [0.2, 0.25) is 10.0 Å². The highest BCUT2D eigenvalue weighted by Crippen LogP contribution is 2.21. The molecule has 0 atom stereocenters. The number of halogens is 2. The van der Waals surface area contributed by atoms with E-state index in [1.54, 1.807) is 12.1 Å². The highest BCUT2D eigenvalue weighted by Gasteiger charge is 2.14. The third kappa shape index (κ3) is 5.20. The van der Waals surface area contributed by atoms with Crippen LogP contribution in [0.25, 0.3) is 0 Å². The molecular weight excluding hydrogens is 369 g/mol. The van der Waals surface area contributed by atoms with Crippen molar-refractivity contribution in [2.24, 2.45) is 0 Å². The van der Waals surface area contributed by atoms with Crippen LogP contribution < -0.4 is 5.32 Å². The van der Waals surface area contributed by atoms with Gasteiger partial charge in [0.1, 0.15) is 0 Å². The molecule has 130 valence electrons. The second kappa shape index (κ2) is 8.50. The van der Waals surface area contributed by atoms with Gasteiger partial charge in [-0.25, -0.2) is 9.59 Å². The summed E-state index contributed by atoms with van der Waals surface area (Å²) in [4.78, 5) is 35.3. The number of rotatable bonds is 5. The Balaban J connectivity index is 1.96. The Morgan fingerprint density at radius 3 is 2.48 bits per heavy atom. The summed E-state index contributed by atoms with van der Waals surface area (Å²) in [6.45, 7) is -0.498. The smallest absolute Gasteiger partial charge is 0.339 e. The molecule has 2 aromatic carbocycles. The molecule has 0 aromatic heterocycles. The largest absolute Gasteiger partial charge is 0.465 e. The highest BCUT2D eigenvalue weighted by molar-refractivity contribution is 6.33. The van der Waals surface area contributed by atoms with Crippen LogP contribution in [0.5, 0.6) is 0 Å². The zero-order valence-electron chi connectivity index (χ0n) is 13.0. The Labute approximate surface area is 153 Å². The Kier molecular flexibility index (Phi) is 6.38. The van der Waals surface area contributed by atoms with Crippen molar-refractivity contribution in [3.05, 3.63) is 63.6 Å². The summed E-state index contributed by atoms with van der Waals surface area (Å²) in [6.07, 6.45) is 0. The predicted octanol–water partition coefficient (Wildman–Crippen LogP) is 3.58. The highest BCUT2D eigenvalue weighted by atomic mass is 35.5. The Bertz CT molecular complexity index is 822. The predicted molar refractivity (Wildman–Crippen MR) is 93.2 cm³/mol. The average molecular weight is 382 g/mol. The van der Waals surface area contributed by atoms with Crippen LogP contribution in [-0.4, -0.2) is 31.6 Å². The van der Waals surface area contributed by atoms with Crippen molar-refractivity contribution in [3.8, 4) is 0 Å². The number of benzene rings is 2. The molecule has 6 nitrogen and oxygen atoms in total. The summed E-state index contributed by atoms with van der Waals surface area (Å²) in [5.41, 5.74) is 0.659. The average Bonchev–Trinajstić information content (AvgIpc) is 2.60. The Hall–Kier alpha value is -2.57. The number of anilines is 1. The van der Waals surface area contributed by atoms with E-state index in [9.17, 15) is 14.4 Å². The molecule has 0 bridgehead atoms. The molecule has 0 saturated carbocycles. The van der Waals surface area contributed by atoms with Gasteiger partial charge in [0.05, 0.1) is 23.3 Å². The molecule has 0 heterocycles. The van der Waals surface area contributed by atoms with Gasteiger partial charge in [0.15, 0.2) is 6.61 Å². The van der Waals surface area contributed by atoms with E-state index in [1.807, 2.05) is 0 Å².